The average molecular weight is 523 g/mol. The average Bonchev–Trinajstić information content (AvgIpc) is 2.80. The first-order valence-electron chi connectivity index (χ1n) is 11.3. The summed E-state index contributed by atoms with van der Waals surface area (Å²) in [6.45, 7) is 2.56. The second kappa shape index (κ2) is 10.2. The number of aromatic hydroxyl groups is 1. The number of nitrogens with one attached hydrogen (secondary N) is 1. The Hall–Kier alpha value is -2.80. The van der Waals surface area contributed by atoms with Gasteiger partial charge < -0.3 is 16.2 Å². The first-order valence-corrected chi connectivity index (χ1v) is 12.1. The van der Waals surface area contributed by atoms with Crippen molar-refractivity contribution in [1.29, 1.82) is 0 Å². The molecule has 4 N–H and O–H groups in total. The molecule has 0 saturated carbocycles. The number of nitrogens with two attached hydrogens (primary N) is 1. The second-order valence-corrected chi connectivity index (χ2v) is 9.95. The Morgan fingerprint density at radius 2 is 1.97 bits per heavy atom. The normalized spacial score (nSPS) is 21.8. The molecule has 0 aromatic heterocycles. The molecular weight excluding hydrogens is 495 g/mol. The second-order valence-electron chi connectivity index (χ2n) is 9.04. The number of aldehydes is 1. The van der Waals surface area contributed by atoms with E-state index in [1.807, 2.05) is 55.5 Å². The van der Waals surface area contributed by atoms with Crippen LogP contribution in [0.4, 0.5) is 4.39 Å². The van der Waals surface area contributed by atoms with Gasteiger partial charge >= 0.3 is 0 Å². The van der Waals surface area contributed by atoms with Crippen LogP contribution in [0.5, 0.6) is 5.75 Å². The van der Waals surface area contributed by atoms with Gasteiger partial charge in [-0.2, -0.15) is 0 Å². The van der Waals surface area contributed by atoms with Crippen molar-refractivity contribution in [3.63, 3.8) is 0 Å². The van der Waals surface area contributed by atoms with Gasteiger partial charge in [0.05, 0.1) is 0 Å². The van der Waals surface area contributed by atoms with Gasteiger partial charge in [-0.1, -0.05) is 46.3 Å². The third-order valence-electron chi connectivity index (χ3n) is 6.63. The number of piperidine rings is 1. The standard InChI is InChI=1S/C28H28BrFN2O2/c1-18-13-23(30)7-10-25(18)26-16-28(31,11-12-32-26)27(20-5-8-24(34)9-6-20)21(17-33)14-19-3-2-4-22(29)15-19/h2-10,13-15,17,26-27,32,34H,11-12,16,31H2,1H3/b21-14+. The number of phenolic OH excluding ortho intramolecular Hbond substituents is 1. The first kappa shape index (κ1) is 24.3. The summed E-state index contributed by atoms with van der Waals surface area (Å²) in [7, 11) is 0. The van der Waals surface area contributed by atoms with Crippen LogP contribution in [0.25, 0.3) is 6.08 Å². The third-order valence-corrected chi connectivity index (χ3v) is 7.12. The van der Waals surface area contributed by atoms with Crippen LogP contribution in [0.1, 0.15) is 47.1 Å². The molecule has 1 heterocycles. The minimum Gasteiger partial charge on any atom is -0.508 e. The monoisotopic (exact) mass is 522 g/mol. The van der Waals surface area contributed by atoms with Crippen LogP contribution in [0, 0.1) is 12.7 Å². The zero-order chi connectivity index (χ0) is 24.3. The van der Waals surface area contributed by atoms with E-state index in [-0.39, 0.29) is 17.6 Å². The van der Waals surface area contributed by atoms with Gasteiger partial charge in [-0.25, -0.2) is 4.39 Å². The molecule has 4 rings (SSSR count). The molecule has 0 aliphatic carbocycles. The fourth-order valence-electron chi connectivity index (χ4n) is 5.04. The number of rotatable bonds is 6. The molecule has 3 aromatic rings. The summed E-state index contributed by atoms with van der Waals surface area (Å²) in [6.07, 6.45) is 3.98. The summed E-state index contributed by atoms with van der Waals surface area (Å²) >= 11 is 3.49. The molecule has 6 heteroatoms. The van der Waals surface area contributed by atoms with Gasteiger partial charge in [0, 0.05) is 27.5 Å². The van der Waals surface area contributed by atoms with Gasteiger partial charge in [-0.15, -0.1) is 0 Å². The molecule has 4 nitrogen and oxygen atoms in total. The highest BCUT2D eigenvalue weighted by Gasteiger charge is 2.42. The third kappa shape index (κ3) is 5.30. The number of phenols is 1. The Bertz CT molecular complexity index is 1210. The number of hydrogen-bond acceptors (Lipinski definition) is 4. The fraction of sp³-hybridized carbons (Fsp3) is 0.250. The fourth-order valence-corrected chi connectivity index (χ4v) is 5.46. The molecule has 1 aliphatic rings. The number of halogens is 2. The van der Waals surface area contributed by atoms with Crippen molar-refractivity contribution in [3.8, 4) is 5.75 Å². The molecule has 3 unspecified atom stereocenters. The van der Waals surface area contributed by atoms with Crippen LogP contribution in [0.15, 0.2) is 76.8 Å². The lowest BCUT2D eigenvalue weighted by atomic mass is 9.68. The molecule has 1 fully saturated rings. The first-order chi connectivity index (χ1) is 16.3. The van der Waals surface area contributed by atoms with Crippen molar-refractivity contribution in [3.05, 3.63) is 105 Å². The van der Waals surface area contributed by atoms with Gasteiger partial charge in [0.2, 0.25) is 0 Å². The zero-order valence-corrected chi connectivity index (χ0v) is 20.6. The predicted molar refractivity (Wildman–Crippen MR) is 137 cm³/mol. The van der Waals surface area contributed by atoms with Gasteiger partial charge in [0.15, 0.2) is 0 Å². The maximum absolute atomic E-state index is 13.7. The van der Waals surface area contributed by atoms with Crippen molar-refractivity contribution in [1.82, 2.24) is 5.32 Å². The van der Waals surface area contributed by atoms with Crippen molar-refractivity contribution >= 4 is 28.3 Å². The lowest BCUT2D eigenvalue weighted by Crippen LogP contribution is -2.54. The topological polar surface area (TPSA) is 75.4 Å². The molecule has 0 bridgehead atoms. The largest absolute Gasteiger partial charge is 0.508 e. The van der Waals surface area contributed by atoms with E-state index in [4.69, 9.17) is 5.73 Å². The van der Waals surface area contributed by atoms with Crippen LogP contribution in [-0.2, 0) is 4.79 Å². The molecule has 176 valence electrons. The summed E-state index contributed by atoms with van der Waals surface area (Å²) in [5.41, 5.74) is 10.6. The molecule has 0 spiro atoms. The summed E-state index contributed by atoms with van der Waals surface area (Å²) < 4.78 is 14.6. The smallest absolute Gasteiger partial charge is 0.146 e. The van der Waals surface area contributed by atoms with E-state index >= 15 is 0 Å². The van der Waals surface area contributed by atoms with Crippen molar-refractivity contribution in [2.24, 2.45) is 5.73 Å². The van der Waals surface area contributed by atoms with E-state index in [2.05, 4.69) is 21.2 Å². The highest BCUT2D eigenvalue weighted by Crippen LogP contribution is 2.43. The number of carbonyl (C=O) groups is 1. The Balaban J connectivity index is 1.78. The predicted octanol–water partition coefficient (Wildman–Crippen LogP) is 5.79. The number of carbonyl (C=O) groups excluding carboxylic acids is 1. The lowest BCUT2D eigenvalue weighted by Gasteiger charge is -2.45. The highest BCUT2D eigenvalue weighted by molar-refractivity contribution is 9.10. The van der Waals surface area contributed by atoms with E-state index in [9.17, 15) is 14.3 Å². The van der Waals surface area contributed by atoms with Gasteiger partial charge in [0.25, 0.3) is 0 Å². The Labute approximate surface area is 207 Å². The summed E-state index contributed by atoms with van der Waals surface area (Å²) in [4.78, 5) is 12.5. The van der Waals surface area contributed by atoms with Gasteiger partial charge in [-0.05, 0) is 91.0 Å². The molecule has 0 amide bonds. The van der Waals surface area contributed by atoms with Gasteiger partial charge in [-0.3, -0.25) is 4.79 Å². The summed E-state index contributed by atoms with van der Waals surface area (Å²) in [5.74, 6) is -0.504. The molecular formula is C28H28BrFN2O2. The van der Waals surface area contributed by atoms with Crippen molar-refractivity contribution < 1.29 is 14.3 Å². The van der Waals surface area contributed by atoms with Crippen LogP contribution in [0.2, 0.25) is 0 Å². The molecule has 34 heavy (non-hydrogen) atoms. The van der Waals surface area contributed by atoms with E-state index in [1.165, 1.54) is 12.1 Å². The molecule has 3 aromatic carbocycles. The number of hydrogen-bond donors (Lipinski definition) is 3. The maximum Gasteiger partial charge on any atom is 0.146 e. The number of benzene rings is 3. The van der Waals surface area contributed by atoms with E-state index < -0.39 is 11.5 Å². The molecule has 3 atom stereocenters. The maximum atomic E-state index is 13.7. The van der Waals surface area contributed by atoms with Crippen LogP contribution < -0.4 is 11.1 Å². The zero-order valence-electron chi connectivity index (χ0n) is 19.0. The summed E-state index contributed by atoms with van der Waals surface area (Å²) in [6, 6.07) is 19.4. The van der Waals surface area contributed by atoms with E-state index in [0.29, 0.717) is 25.0 Å². The molecule has 1 aliphatic heterocycles. The van der Waals surface area contributed by atoms with E-state index in [0.717, 1.165) is 33.0 Å². The summed E-state index contributed by atoms with van der Waals surface area (Å²) in [5, 5.41) is 13.4. The van der Waals surface area contributed by atoms with Crippen molar-refractivity contribution in [2.45, 2.75) is 37.3 Å². The highest BCUT2D eigenvalue weighted by atomic mass is 79.9. The Morgan fingerprint density at radius 1 is 1.21 bits per heavy atom. The Kier molecular flexibility index (Phi) is 7.31. The minimum atomic E-state index is -0.744. The SMILES string of the molecule is Cc1cc(F)ccc1C1CC(N)(C(/C(C=O)=C/c2cccc(Br)c2)c2ccc(O)cc2)CCN1. The quantitative estimate of drug-likeness (QED) is 0.283. The van der Waals surface area contributed by atoms with E-state index in [1.54, 1.807) is 12.1 Å². The van der Waals surface area contributed by atoms with Gasteiger partial charge in [0.1, 0.15) is 17.9 Å². The number of aryl methyl sites for hydroxylation is 1. The van der Waals surface area contributed by atoms with Crippen LogP contribution in [0.3, 0.4) is 0 Å². The Morgan fingerprint density at radius 3 is 2.65 bits per heavy atom. The molecule has 1 saturated heterocycles. The molecule has 0 radical (unpaired) electrons. The minimum absolute atomic E-state index is 0.0715. The lowest BCUT2D eigenvalue weighted by molar-refractivity contribution is -0.105. The van der Waals surface area contributed by atoms with Crippen LogP contribution in [-0.4, -0.2) is 23.5 Å². The van der Waals surface area contributed by atoms with Crippen molar-refractivity contribution in [2.75, 3.05) is 6.54 Å². The van der Waals surface area contributed by atoms with Crippen LogP contribution >= 0.6 is 15.9 Å².